The Hall–Kier alpha value is -1.41. The maximum absolute atomic E-state index is 11.4. The highest BCUT2D eigenvalue weighted by Gasteiger charge is 2.25. The second-order valence-corrected chi connectivity index (χ2v) is 5.88. The highest BCUT2D eigenvalue weighted by atomic mass is 32.2. The number of methoxy groups -OCH3 is 1. The fourth-order valence-electron chi connectivity index (χ4n) is 1.55. The minimum absolute atomic E-state index is 0.0407. The maximum atomic E-state index is 11.4. The molecule has 0 aliphatic carbocycles. The van der Waals surface area contributed by atoms with Crippen molar-refractivity contribution in [2.24, 2.45) is 0 Å². The molecular formula is C10H16N2O5S. The molecule has 1 heterocycles. The van der Waals surface area contributed by atoms with Gasteiger partial charge in [-0.3, -0.25) is 4.79 Å². The van der Waals surface area contributed by atoms with Crippen LogP contribution in [0.25, 0.3) is 0 Å². The van der Waals surface area contributed by atoms with E-state index in [2.05, 4.69) is 15.4 Å². The number of esters is 1. The van der Waals surface area contributed by atoms with E-state index in [0.29, 0.717) is 0 Å². The van der Waals surface area contributed by atoms with Gasteiger partial charge in [-0.15, -0.1) is 0 Å². The zero-order chi connectivity index (χ0) is 13.8. The van der Waals surface area contributed by atoms with Gasteiger partial charge in [0.05, 0.1) is 12.9 Å². The van der Waals surface area contributed by atoms with Gasteiger partial charge in [0.2, 0.25) is 5.91 Å². The molecule has 2 unspecified atom stereocenters. The summed E-state index contributed by atoms with van der Waals surface area (Å²) in [5, 5.41) is 6.44. The molecule has 0 spiro atoms. The Balaban J connectivity index is 2.50. The minimum Gasteiger partial charge on any atom is -0.467 e. The lowest BCUT2D eigenvalue weighted by molar-refractivity contribution is -0.144. The Morgan fingerprint density at radius 3 is 2.61 bits per heavy atom. The topological polar surface area (TPSA) is 102 Å². The summed E-state index contributed by atoms with van der Waals surface area (Å²) in [5.74, 6) is -0.981. The smallest absolute Gasteiger partial charge is 0.329 e. The van der Waals surface area contributed by atoms with Gasteiger partial charge < -0.3 is 15.4 Å². The number of amides is 1. The van der Waals surface area contributed by atoms with E-state index in [1.165, 1.54) is 20.1 Å². The second-order valence-electron chi connectivity index (χ2n) is 3.95. The first-order chi connectivity index (χ1) is 8.34. The van der Waals surface area contributed by atoms with Gasteiger partial charge in [-0.25, -0.2) is 13.2 Å². The van der Waals surface area contributed by atoms with Crippen LogP contribution in [0.2, 0.25) is 0 Å². The standard InChI is InChI=1S/C10H16N2O5S/c1-7(13)12-9(10(14)17-2)5-11-8-3-4-18(15,16)6-8/h3-4,8-9,11H,5-6H2,1-2H3,(H,12,13). The zero-order valence-electron chi connectivity index (χ0n) is 10.2. The number of nitrogens with one attached hydrogen (secondary N) is 2. The van der Waals surface area contributed by atoms with Crippen LogP contribution in [0, 0.1) is 0 Å². The van der Waals surface area contributed by atoms with Gasteiger partial charge in [0.15, 0.2) is 9.84 Å². The van der Waals surface area contributed by atoms with Crippen molar-refractivity contribution in [2.45, 2.75) is 19.0 Å². The molecule has 0 aromatic carbocycles. The third-order valence-corrected chi connectivity index (χ3v) is 3.77. The van der Waals surface area contributed by atoms with E-state index < -0.39 is 21.8 Å². The first kappa shape index (κ1) is 14.7. The number of hydrogen-bond donors (Lipinski definition) is 2. The van der Waals surface area contributed by atoms with Crippen LogP contribution in [-0.4, -0.2) is 51.8 Å². The molecule has 0 radical (unpaired) electrons. The SMILES string of the molecule is COC(=O)C(CNC1C=CS(=O)(=O)C1)NC(C)=O. The molecular weight excluding hydrogens is 260 g/mol. The average Bonchev–Trinajstić information content (AvgIpc) is 2.62. The summed E-state index contributed by atoms with van der Waals surface area (Å²) in [7, 11) is -1.92. The van der Waals surface area contributed by atoms with Crippen molar-refractivity contribution in [3.8, 4) is 0 Å². The molecule has 2 atom stereocenters. The zero-order valence-corrected chi connectivity index (χ0v) is 11.0. The molecule has 1 aliphatic heterocycles. The molecule has 1 rings (SSSR count). The molecule has 1 aliphatic rings. The van der Waals surface area contributed by atoms with E-state index in [4.69, 9.17) is 0 Å². The maximum Gasteiger partial charge on any atom is 0.329 e. The van der Waals surface area contributed by atoms with Crippen LogP contribution in [-0.2, 0) is 24.2 Å². The number of sulfone groups is 1. The number of carbonyl (C=O) groups excluding carboxylic acids is 2. The lowest BCUT2D eigenvalue weighted by Crippen LogP contribution is -2.49. The predicted octanol–water partition coefficient (Wildman–Crippen LogP) is -1.44. The Morgan fingerprint density at radius 1 is 1.50 bits per heavy atom. The van der Waals surface area contributed by atoms with E-state index in [9.17, 15) is 18.0 Å². The highest BCUT2D eigenvalue weighted by molar-refractivity contribution is 7.94. The minimum atomic E-state index is -3.14. The van der Waals surface area contributed by atoms with E-state index >= 15 is 0 Å². The lowest BCUT2D eigenvalue weighted by Gasteiger charge is -2.18. The third kappa shape index (κ3) is 4.46. The molecule has 8 heteroatoms. The van der Waals surface area contributed by atoms with Crippen LogP contribution in [0.1, 0.15) is 6.92 Å². The molecule has 2 N–H and O–H groups in total. The summed E-state index contributed by atoms with van der Waals surface area (Å²) >= 11 is 0. The molecule has 7 nitrogen and oxygen atoms in total. The number of rotatable bonds is 5. The lowest BCUT2D eigenvalue weighted by atomic mass is 10.2. The van der Waals surface area contributed by atoms with Crippen LogP contribution in [0.15, 0.2) is 11.5 Å². The number of hydrogen-bond acceptors (Lipinski definition) is 6. The summed E-state index contributed by atoms with van der Waals surface area (Å²) < 4.78 is 26.9. The molecule has 18 heavy (non-hydrogen) atoms. The van der Waals surface area contributed by atoms with Gasteiger partial charge in [0.25, 0.3) is 0 Å². The fourth-order valence-corrected chi connectivity index (χ4v) is 2.82. The van der Waals surface area contributed by atoms with Crippen molar-refractivity contribution >= 4 is 21.7 Å². The van der Waals surface area contributed by atoms with E-state index in [1.807, 2.05) is 0 Å². The largest absolute Gasteiger partial charge is 0.467 e. The van der Waals surface area contributed by atoms with Gasteiger partial charge in [0, 0.05) is 24.9 Å². The molecule has 0 aromatic heterocycles. The van der Waals surface area contributed by atoms with E-state index in [1.54, 1.807) is 0 Å². The monoisotopic (exact) mass is 276 g/mol. The van der Waals surface area contributed by atoms with E-state index in [-0.39, 0.29) is 24.2 Å². The summed E-state index contributed by atoms with van der Waals surface area (Å²) in [6.07, 6.45) is 1.51. The Labute approximate surface area is 105 Å². The molecule has 0 bridgehead atoms. The van der Waals surface area contributed by atoms with Crippen molar-refractivity contribution < 1.29 is 22.7 Å². The van der Waals surface area contributed by atoms with Gasteiger partial charge in [-0.05, 0) is 0 Å². The average molecular weight is 276 g/mol. The normalized spacial score (nSPS) is 22.4. The first-order valence-electron chi connectivity index (χ1n) is 5.33. The van der Waals surface area contributed by atoms with E-state index in [0.717, 1.165) is 5.41 Å². The molecule has 0 aromatic rings. The summed E-state index contributed by atoms with van der Waals surface area (Å²) in [4.78, 5) is 22.3. The van der Waals surface area contributed by atoms with Crippen molar-refractivity contribution in [1.82, 2.24) is 10.6 Å². The van der Waals surface area contributed by atoms with Gasteiger partial charge in [-0.2, -0.15) is 0 Å². The Bertz CT molecular complexity index is 457. The number of ether oxygens (including phenoxy) is 1. The molecule has 102 valence electrons. The van der Waals surface area contributed by atoms with Crippen molar-refractivity contribution in [1.29, 1.82) is 0 Å². The fraction of sp³-hybridized carbons (Fsp3) is 0.600. The second kappa shape index (κ2) is 5.96. The molecule has 0 fully saturated rings. The Morgan fingerprint density at radius 2 is 2.17 bits per heavy atom. The van der Waals surface area contributed by atoms with Gasteiger partial charge in [-0.1, -0.05) is 6.08 Å². The summed E-state index contributed by atoms with van der Waals surface area (Å²) in [6.45, 7) is 1.40. The van der Waals surface area contributed by atoms with Crippen LogP contribution in [0.4, 0.5) is 0 Å². The van der Waals surface area contributed by atoms with Gasteiger partial charge >= 0.3 is 5.97 Å². The predicted molar refractivity (Wildman–Crippen MR) is 64.3 cm³/mol. The first-order valence-corrected chi connectivity index (χ1v) is 7.05. The third-order valence-electron chi connectivity index (χ3n) is 2.38. The highest BCUT2D eigenvalue weighted by Crippen LogP contribution is 2.07. The van der Waals surface area contributed by atoms with Crippen LogP contribution >= 0.6 is 0 Å². The summed E-state index contributed by atoms with van der Waals surface area (Å²) in [5.41, 5.74) is 0. The number of carbonyl (C=O) groups is 2. The van der Waals surface area contributed by atoms with Crippen molar-refractivity contribution in [2.75, 3.05) is 19.4 Å². The van der Waals surface area contributed by atoms with Gasteiger partial charge in [0.1, 0.15) is 6.04 Å². The summed E-state index contributed by atoms with van der Waals surface area (Å²) in [6, 6.07) is -1.18. The molecule has 0 saturated heterocycles. The Kier molecular flexibility index (Phi) is 4.85. The molecule has 0 saturated carbocycles. The van der Waals surface area contributed by atoms with Crippen LogP contribution < -0.4 is 10.6 Å². The van der Waals surface area contributed by atoms with Crippen LogP contribution in [0.5, 0.6) is 0 Å². The van der Waals surface area contributed by atoms with Crippen LogP contribution in [0.3, 0.4) is 0 Å². The van der Waals surface area contributed by atoms with Crippen molar-refractivity contribution in [3.63, 3.8) is 0 Å². The van der Waals surface area contributed by atoms with Crippen molar-refractivity contribution in [3.05, 3.63) is 11.5 Å². The molecule has 1 amide bonds. The quantitative estimate of drug-likeness (QED) is 0.597.